The molecular formula is C37H33BrN2O6S. The fourth-order valence-corrected chi connectivity index (χ4v) is 7.12. The molecule has 8 nitrogen and oxygen atoms in total. The first kappa shape index (κ1) is 32.3. The van der Waals surface area contributed by atoms with Crippen LogP contribution in [-0.2, 0) is 16.1 Å². The Kier molecular flexibility index (Phi) is 9.33. The van der Waals surface area contributed by atoms with Gasteiger partial charge in [-0.3, -0.25) is 9.36 Å². The lowest BCUT2D eigenvalue weighted by Gasteiger charge is -2.26. The zero-order chi connectivity index (χ0) is 33.2. The quantitative estimate of drug-likeness (QED) is 0.158. The van der Waals surface area contributed by atoms with Crippen molar-refractivity contribution in [2.75, 3.05) is 14.2 Å². The SMILES string of the molecule is COc1cc(/C=c2\sc3n(c2=O)[C@@H](c2cc(Br)ccc2OC)C(C(=O)OC(C)C)=C(C)N=3)ccc1OCc1cccc2ccccc12. The van der Waals surface area contributed by atoms with Gasteiger partial charge in [0.15, 0.2) is 16.3 Å². The maximum absolute atomic E-state index is 14.2. The van der Waals surface area contributed by atoms with Crippen molar-refractivity contribution in [1.82, 2.24) is 4.57 Å². The van der Waals surface area contributed by atoms with E-state index >= 15 is 0 Å². The summed E-state index contributed by atoms with van der Waals surface area (Å²) in [6.07, 6.45) is 1.44. The Labute approximate surface area is 284 Å². The molecule has 0 bridgehead atoms. The number of nitrogens with zero attached hydrogens (tertiary/aromatic N) is 2. The topological polar surface area (TPSA) is 88.4 Å². The Morgan fingerprint density at radius 1 is 0.979 bits per heavy atom. The van der Waals surface area contributed by atoms with Crippen LogP contribution < -0.4 is 29.1 Å². The Morgan fingerprint density at radius 2 is 1.72 bits per heavy atom. The molecule has 0 radical (unpaired) electrons. The molecule has 0 unspecified atom stereocenters. The number of aromatic nitrogens is 1. The van der Waals surface area contributed by atoms with Gasteiger partial charge in [0.05, 0.1) is 36.1 Å². The first-order valence-corrected chi connectivity index (χ1v) is 16.6. The van der Waals surface area contributed by atoms with E-state index in [9.17, 15) is 9.59 Å². The lowest BCUT2D eigenvalue weighted by molar-refractivity contribution is -0.143. The van der Waals surface area contributed by atoms with Crippen molar-refractivity contribution in [1.29, 1.82) is 0 Å². The number of esters is 1. The Bertz CT molecular complexity index is 2210. The molecule has 5 aromatic rings. The second-order valence-corrected chi connectivity index (χ2v) is 13.2. The average molecular weight is 714 g/mol. The molecule has 10 heteroatoms. The summed E-state index contributed by atoms with van der Waals surface area (Å²) in [6, 6.07) is 24.6. The highest BCUT2D eigenvalue weighted by atomic mass is 79.9. The van der Waals surface area contributed by atoms with Crippen LogP contribution in [-0.4, -0.2) is 30.9 Å². The Balaban J connectivity index is 1.40. The van der Waals surface area contributed by atoms with Crippen molar-refractivity contribution in [3.63, 3.8) is 0 Å². The van der Waals surface area contributed by atoms with Gasteiger partial charge in [-0.25, -0.2) is 9.79 Å². The third-order valence-corrected chi connectivity index (χ3v) is 9.30. The predicted molar refractivity (Wildman–Crippen MR) is 187 cm³/mol. The van der Waals surface area contributed by atoms with E-state index in [1.54, 1.807) is 51.7 Å². The van der Waals surface area contributed by atoms with Crippen LogP contribution in [0.3, 0.4) is 0 Å². The highest BCUT2D eigenvalue weighted by Gasteiger charge is 2.35. The number of carbonyl (C=O) groups excluding carboxylic acids is 1. The van der Waals surface area contributed by atoms with E-state index in [-0.39, 0.29) is 17.2 Å². The normalized spacial score (nSPS) is 14.6. The van der Waals surface area contributed by atoms with E-state index < -0.39 is 12.0 Å². The summed E-state index contributed by atoms with van der Waals surface area (Å²) in [5.41, 5.74) is 2.91. The van der Waals surface area contributed by atoms with Crippen molar-refractivity contribution in [3.05, 3.63) is 131 Å². The Morgan fingerprint density at radius 3 is 2.49 bits per heavy atom. The number of benzene rings is 4. The molecule has 0 spiro atoms. The maximum atomic E-state index is 14.2. The molecule has 1 aliphatic heterocycles. The first-order chi connectivity index (χ1) is 22.7. The number of carbonyl (C=O) groups is 1. The van der Waals surface area contributed by atoms with Crippen molar-refractivity contribution >= 4 is 50.1 Å². The van der Waals surface area contributed by atoms with Crippen LogP contribution in [0.25, 0.3) is 16.8 Å². The van der Waals surface area contributed by atoms with Crippen LogP contribution in [0.4, 0.5) is 0 Å². The summed E-state index contributed by atoms with van der Waals surface area (Å²) < 4.78 is 26.0. The maximum Gasteiger partial charge on any atom is 0.338 e. The largest absolute Gasteiger partial charge is 0.496 e. The van der Waals surface area contributed by atoms with Crippen molar-refractivity contribution in [2.24, 2.45) is 4.99 Å². The highest BCUT2D eigenvalue weighted by molar-refractivity contribution is 9.10. The summed E-state index contributed by atoms with van der Waals surface area (Å²) in [5.74, 6) is 1.12. The zero-order valence-electron chi connectivity index (χ0n) is 26.6. The monoisotopic (exact) mass is 712 g/mol. The van der Waals surface area contributed by atoms with Gasteiger partial charge in [-0.2, -0.15) is 0 Å². The molecule has 0 fully saturated rings. The van der Waals surface area contributed by atoms with Gasteiger partial charge in [-0.15, -0.1) is 0 Å². The lowest BCUT2D eigenvalue weighted by atomic mass is 9.95. The van der Waals surface area contributed by atoms with E-state index in [4.69, 9.17) is 23.9 Å². The minimum Gasteiger partial charge on any atom is -0.496 e. The summed E-state index contributed by atoms with van der Waals surface area (Å²) in [4.78, 5) is 32.8. The first-order valence-electron chi connectivity index (χ1n) is 15.0. The summed E-state index contributed by atoms with van der Waals surface area (Å²) in [6.45, 7) is 5.70. The molecule has 0 amide bonds. The molecule has 240 valence electrons. The molecule has 0 aliphatic carbocycles. The molecule has 0 saturated heterocycles. The minimum absolute atomic E-state index is 0.281. The van der Waals surface area contributed by atoms with Crippen molar-refractivity contribution < 1.29 is 23.7 Å². The number of fused-ring (bicyclic) bond motifs is 2. The van der Waals surface area contributed by atoms with Crippen LogP contribution in [0, 0.1) is 0 Å². The number of ether oxygens (including phenoxy) is 4. The standard InChI is InChI=1S/C37H33BrN2O6S/c1-21(2)46-36(42)33-22(3)39-37-40(34(33)28-19-26(38)14-16-29(28)43-4)35(41)32(47-37)18-23-13-15-30(31(17-23)44-5)45-20-25-11-8-10-24-9-6-7-12-27(24)25/h6-19,21,34H,20H2,1-5H3/b32-18-/t34-/m0/s1. The van der Waals surface area contributed by atoms with E-state index in [0.29, 0.717) is 44.4 Å². The molecule has 4 aromatic carbocycles. The molecule has 0 N–H and O–H groups in total. The smallest absolute Gasteiger partial charge is 0.338 e. The van der Waals surface area contributed by atoms with Gasteiger partial charge in [0.1, 0.15) is 18.4 Å². The summed E-state index contributed by atoms with van der Waals surface area (Å²) in [7, 11) is 3.14. The molecule has 1 atom stereocenters. The second kappa shape index (κ2) is 13.6. The van der Waals surface area contributed by atoms with Gasteiger partial charge in [0.25, 0.3) is 5.56 Å². The van der Waals surface area contributed by atoms with Crippen LogP contribution in [0.2, 0.25) is 0 Å². The molecule has 1 aromatic heterocycles. The molecule has 47 heavy (non-hydrogen) atoms. The van der Waals surface area contributed by atoms with Gasteiger partial charge < -0.3 is 18.9 Å². The highest BCUT2D eigenvalue weighted by Crippen LogP contribution is 2.37. The number of allylic oxidation sites excluding steroid dienone is 1. The molecule has 2 heterocycles. The Hall–Kier alpha value is -4.67. The van der Waals surface area contributed by atoms with Gasteiger partial charge in [0, 0.05) is 10.0 Å². The zero-order valence-corrected chi connectivity index (χ0v) is 29.0. The van der Waals surface area contributed by atoms with Gasteiger partial charge in [-0.1, -0.05) is 75.8 Å². The molecule has 1 aliphatic rings. The van der Waals surface area contributed by atoms with E-state index in [1.165, 1.54) is 11.3 Å². The number of thiazole rings is 1. The van der Waals surface area contributed by atoms with Gasteiger partial charge >= 0.3 is 5.97 Å². The molecule has 0 saturated carbocycles. The lowest BCUT2D eigenvalue weighted by Crippen LogP contribution is -2.40. The van der Waals surface area contributed by atoms with Gasteiger partial charge in [0.2, 0.25) is 0 Å². The number of methoxy groups -OCH3 is 2. The van der Waals surface area contributed by atoms with Crippen molar-refractivity contribution in [2.45, 2.75) is 39.5 Å². The van der Waals surface area contributed by atoms with Crippen molar-refractivity contribution in [3.8, 4) is 17.2 Å². The average Bonchev–Trinajstić information content (AvgIpc) is 3.36. The molecular weight excluding hydrogens is 680 g/mol. The third-order valence-electron chi connectivity index (χ3n) is 7.82. The van der Waals surface area contributed by atoms with Crippen LogP contribution in [0.5, 0.6) is 17.2 Å². The number of rotatable bonds is 9. The van der Waals surface area contributed by atoms with Crippen LogP contribution in [0.15, 0.2) is 104 Å². The fraction of sp³-hybridized carbons (Fsp3) is 0.216. The summed E-state index contributed by atoms with van der Waals surface area (Å²) >= 11 is 4.79. The summed E-state index contributed by atoms with van der Waals surface area (Å²) in [5, 5.41) is 2.28. The third kappa shape index (κ3) is 6.48. The number of halogens is 1. The van der Waals surface area contributed by atoms with Crippen LogP contribution in [0.1, 0.15) is 43.5 Å². The molecule has 6 rings (SSSR count). The van der Waals surface area contributed by atoms with Gasteiger partial charge in [-0.05, 0) is 79.1 Å². The number of hydrogen-bond acceptors (Lipinski definition) is 8. The second-order valence-electron chi connectivity index (χ2n) is 11.3. The predicted octanol–water partition coefficient (Wildman–Crippen LogP) is 6.70. The fourth-order valence-electron chi connectivity index (χ4n) is 5.69. The van der Waals surface area contributed by atoms with E-state index in [2.05, 4.69) is 40.2 Å². The van der Waals surface area contributed by atoms with Crippen LogP contribution >= 0.6 is 27.3 Å². The van der Waals surface area contributed by atoms with E-state index in [0.717, 1.165) is 26.4 Å². The minimum atomic E-state index is -0.813. The van der Waals surface area contributed by atoms with E-state index in [1.807, 2.05) is 48.5 Å². The number of hydrogen-bond donors (Lipinski definition) is 0.